The fourth-order valence-corrected chi connectivity index (χ4v) is 1.94. The largest absolute Gasteiger partial charge is 0.477 e. The Labute approximate surface area is 116 Å². The minimum atomic E-state index is -1.35. The molecule has 0 aliphatic heterocycles. The normalized spacial score (nSPS) is 10.1. The molecule has 5 heteroatoms. The van der Waals surface area contributed by atoms with Crippen LogP contribution in [0.2, 0.25) is 0 Å². The van der Waals surface area contributed by atoms with Gasteiger partial charge < -0.3 is 9.84 Å². The molecule has 0 saturated carbocycles. The first-order chi connectivity index (χ1) is 8.59. The molecule has 0 fully saturated rings. The first-order valence-corrected chi connectivity index (χ1v) is 6.11. The van der Waals surface area contributed by atoms with Crippen molar-refractivity contribution in [2.45, 2.75) is 0 Å². The summed E-state index contributed by atoms with van der Waals surface area (Å²) in [6.07, 6.45) is 0. The van der Waals surface area contributed by atoms with Gasteiger partial charge >= 0.3 is 5.97 Å². The van der Waals surface area contributed by atoms with Crippen LogP contribution in [-0.4, -0.2) is 11.1 Å². The van der Waals surface area contributed by atoms with Crippen LogP contribution in [0.1, 0.15) is 10.4 Å². The summed E-state index contributed by atoms with van der Waals surface area (Å²) in [6.45, 7) is 0. The Morgan fingerprint density at radius 1 is 1.11 bits per heavy atom. The topological polar surface area (TPSA) is 46.5 Å². The number of hydrogen-bond donors (Lipinski definition) is 1. The monoisotopic (exact) mass is 358 g/mol. The maximum atomic E-state index is 13.4. The Bertz CT molecular complexity index is 599. The van der Waals surface area contributed by atoms with Crippen LogP contribution in [0.5, 0.6) is 11.5 Å². The van der Waals surface area contributed by atoms with Crippen LogP contribution in [0.3, 0.4) is 0 Å². The van der Waals surface area contributed by atoms with Crippen LogP contribution in [-0.2, 0) is 0 Å². The second-order valence-corrected chi connectivity index (χ2v) is 4.61. The molecular weight excluding hydrogens is 350 g/mol. The Kier molecular flexibility index (Phi) is 3.81. The van der Waals surface area contributed by atoms with Crippen molar-refractivity contribution in [3.8, 4) is 11.5 Å². The lowest BCUT2D eigenvalue weighted by atomic mass is 10.2. The van der Waals surface area contributed by atoms with Gasteiger partial charge in [0, 0.05) is 0 Å². The molecule has 0 heterocycles. The van der Waals surface area contributed by atoms with Gasteiger partial charge in [0.05, 0.1) is 3.57 Å². The Morgan fingerprint density at radius 3 is 2.44 bits per heavy atom. The van der Waals surface area contributed by atoms with Gasteiger partial charge in [-0.15, -0.1) is 0 Å². The average molecular weight is 358 g/mol. The molecule has 2 rings (SSSR count). The van der Waals surface area contributed by atoms with Gasteiger partial charge in [-0.3, -0.25) is 0 Å². The summed E-state index contributed by atoms with van der Waals surface area (Å²) in [5.74, 6) is -1.68. The van der Waals surface area contributed by atoms with Crippen molar-refractivity contribution in [1.29, 1.82) is 0 Å². The number of carboxylic acids is 1. The molecule has 0 spiro atoms. The van der Waals surface area contributed by atoms with Gasteiger partial charge in [-0.05, 0) is 46.9 Å². The number of benzene rings is 2. The zero-order valence-electron chi connectivity index (χ0n) is 9.06. The van der Waals surface area contributed by atoms with E-state index in [1.165, 1.54) is 12.1 Å². The van der Waals surface area contributed by atoms with Crippen LogP contribution in [0.15, 0.2) is 42.5 Å². The lowest BCUT2D eigenvalue weighted by Gasteiger charge is -2.10. The molecule has 0 saturated heterocycles. The smallest absolute Gasteiger partial charge is 0.342 e. The number of ether oxygens (including phenoxy) is 1. The second-order valence-electron chi connectivity index (χ2n) is 3.45. The average Bonchev–Trinajstić information content (AvgIpc) is 2.31. The maximum absolute atomic E-state index is 13.4. The van der Waals surface area contributed by atoms with Gasteiger partial charge in [-0.2, -0.15) is 0 Å². The van der Waals surface area contributed by atoms with E-state index in [1.807, 2.05) is 12.1 Å². The number of carboxylic acid groups (broad SMARTS) is 1. The van der Waals surface area contributed by atoms with Crippen molar-refractivity contribution in [3.63, 3.8) is 0 Å². The van der Waals surface area contributed by atoms with Crippen molar-refractivity contribution in [3.05, 3.63) is 57.4 Å². The van der Waals surface area contributed by atoms with Crippen molar-refractivity contribution < 1.29 is 19.0 Å². The van der Waals surface area contributed by atoms with E-state index in [1.54, 1.807) is 12.1 Å². The summed E-state index contributed by atoms with van der Waals surface area (Å²) >= 11 is 2.06. The third kappa shape index (κ3) is 2.61. The molecule has 2 aromatic rings. The molecule has 92 valence electrons. The summed E-state index contributed by atoms with van der Waals surface area (Å²) < 4.78 is 19.7. The highest BCUT2D eigenvalue weighted by atomic mass is 127. The molecule has 0 aliphatic rings. The van der Waals surface area contributed by atoms with Crippen LogP contribution in [0.25, 0.3) is 0 Å². The van der Waals surface area contributed by atoms with Gasteiger partial charge in [0.25, 0.3) is 0 Å². The number of carbonyl (C=O) groups is 1. The van der Waals surface area contributed by atoms with Crippen LogP contribution >= 0.6 is 22.6 Å². The molecular formula is C13H8FIO3. The lowest BCUT2D eigenvalue weighted by molar-refractivity contribution is 0.0689. The molecule has 0 bridgehead atoms. The van der Waals surface area contributed by atoms with Crippen molar-refractivity contribution >= 4 is 28.6 Å². The highest BCUT2D eigenvalue weighted by Crippen LogP contribution is 2.30. The molecule has 0 radical (unpaired) electrons. The van der Waals surface area contributed by atoms with Crippen molar-refractivity contribution in [1.82, 2.24) is 0 Å². The van der Waals surface area contributed by atoms with E-state index in [0.29, 0.717) is 5.75 Å². The van der Waals surface area contributed by atoms with Crippen molar-refractivity contribution in [2.24, 2.45) is 0 Å². The fourth-order valence-electron chi connectivity index (χ4n) is 1.44. The Balaban J connectivity index is 2.44. The van der Waals surface area contributed by atoms with Gasteiger partial charge in [-0.25, -0.2) is 9.18 Å². The molecule has 3 nitrogen and oxygen atoms in total. The van der Waals surface area contributed by atoms with E-state index in [0.717, 1.165) is 9.64 Å². The first-order valence-electron chi connectivity index (χ1n) is 5.04. The molecule has 0 atom stereocenters. The molecule has 1 N–H and O–H groups in total. The molecule has 0 aliphatic carbocycles. The van der Waals surface area contributed by atoms with Crippen LogP contribution < -0.4 is 4.74 Å². The van der Waals surface area contributed by atoms with E-state index < -0.39 is 17.3 Å². The number of para-hydroxylation sites is 1. The van der Waals surface area contributed by atoms with Gasteiger partial charge in [-0.1, -0.05) is 18.2 Å². The highest BCUT2D eigenvalue weighted by molar-refractivity contribution is 14.1. The van der Waals surface area contributed by atoms with E-state index in [4.69, 9.17) is 9.84 Å². The summed E-state index contributed by atoms with van der Waals surface area (Å²) in [5, 5.41) is 8.97. The lowest BCUT2D eigenvalue weighted by Crippen LogP contribution is -2.03. The standard InChI is InChI=1S/C13H8FIO3/c14-8-4-3-7-11(12(8)13(16)17)18-10-6-2-1-5-9(10)15/h1-7H,(H,16,17). The predicted octanol–water partition coefficient (Wildman–Crippen LogP) is 3.92. The fraction of sp³-hybridized carbons (Fsp3) is 0. The van der Waals surface area contributed by atoms with Gasteiger partial charge in [0.1, 0.15) is 22.9 Å². The van der Waals surface area contributed by atoms with E-state index in [2.05, 4.69) is 22.6 Å². The van der Waals surface area contributed by atoms with E-state index in [-0.39, 0.29) is 5.75 Å². The van der Waals surface area contributed by atoms with Gasteiger partial charge in [0.2, 0.25) is 0 Å². The summed E-state index contributed by atoms with van der Waals surface area (Å²) in [5.41, 5.74) is -0.461. The Morgan fingerprint density at radius 2 is 1.78 bits per heavy atom. The molecule has 18 heavy (non-hydrogen) atoms. The third-order valence-corrected chi connectivity index (χ3v) is 3.14. The van der Waals surface area contributed by atoms with Crippen LogP contribution in [0, 0.1) is 9.39 Å². The Hall–Kier alpha value is -1.63. The summed E-state index contributed by atoms with van der Waals surface area (Å²) in [4.78, 5) is 11.0. The summed E-state index contributed by atoms with van der Waals surface area (Å²) in [7, 11) is 0. The summed E-state index contributed by atoms with van der Waals surface area (Å²) in [6, 6.07) is 11.0. The number of rotatable bonds is 3. The number of halogens is 2. The molecule has 0 unspecified atom stereocenters. The first kappa shape index (κ1) is 12.8. The second kappa shape index (κ2) is 5.34. The minimum Gasteiger partial charge on any atom is -0.477 e. The number of hydrogen-bond acceptors (Lipinski definition) is 2. The zero-order valence-corrected chi connectivity index (χ0v) is 11.2. The third-order valence-electron chi connectivity index (χ3n) is 2.25. The van der Waals surface area contributed by atoms with E-state index in [9.17, 15) is 9.18 Å². The molecule has 2 aromatic carbocycles. The maximum Gasteiger partial charge on any atom is 0.342 e. The molecule has 0 amide bonds. The quantitative estimate of drug-likeness (QED) is 0.846. The van der Waals surface area contributed by atoms with E-state index >= 15 is 0 Å². The predicted molar refractivity (Wildman–Crippen MR) is 72.6 cm³/mol. The SMILES string of the molecule is O=C(O)c1c(F)cccc1Oc1ccccc1I. The van der Waals surface area contributed by atoms with Crippen molar-refractivity contribution in [2.75, 3.05) is 0 Å². The van der Waals surface area contributed by atoms with Gasteiger partial charge in [0.15, 0.2) is 0 Å². The number of aromatic carboxylic acids is 1. The highest BCUT2D eigenvalue weighted by Gasteiger charge is 2.17. The zero-order chi connectivity index (χ0) is 13.1. The minimum absolute atomic E-state index is 0.00776. The molecule has 0 aromatic heterocycles. The van der Waals surface area contributed by atoms with Crippen LogP contribution in [0.4, 0.5) is 4.39 Å².